The van der Waals surface area contributed by atoms with Gasteiger partial charge in [0.05, 0.1) is 27.8 Å². The molecule has 1 N–H and O–H groups in total. The van der Waals surface area contributed by atoms with E-state index in [4.69, 9.17) is 11.6 Å². The Hall–Kier alpha value is -1.83. The fraction of sp³-hybridized carbons (Fsp3) is 0.118. The number of benzene rings is 2. The zero-order valence-electron chi connectivity index (χ0n) is 13.5. The summed E-state index contributed by atoms with van der Waals surface area (Å²) in [6.07, 6.45) is 0. The quantitative estimate of drug-likeness (QED) is 0.639. The number of hydrogen-bond acceptors (Lipinski definition) is 3. The summed E-state index contributed by atoms with van der Waals surface area (Å²) in [5.74, 6) is 0. The molecule has 0 aliphatic carbocycles. The van der Waals surface area contributed by atoms with Crippen molar-refractivity contribution in [1.82, 2.24) is 9.78 Å². The lowest BCUT2D eigenvalue weighted by atomic mass is 10.3. The lowest BCUT2D eigenvalue weighted by molar-refractivity contribution is 0.601. The van der Waals surface area contributed by atoms with Crippen LogP contribution in [0.2, 0.25) is 5.02 Å². The first-order chi connectivity index (χ1) is 11.8. The molecule has 25 heavy (non-hydrogen) atoms. The van der Waals surface area contributed by atoms with Crippen LogP contribution in [0.4, 0.5) is 5.69 Å². The normalized spacial score (nSPS) is 11.5. The number of hydrogen-bond donors (Lipinski definition) is 1. The van der Waals surface area contributed by atoms with Crippen molar-refractivity contribution in [3.63, 3.8) is 0 Å². The van der Waals surface area contributed by atoms with Crippen molar-refractivity contribution in [1.29, 1.82) is 0 Å². The molecule has 0 saturated carbocycles. The summed E-state index contributed by atoms with van der Waals surface area (Å²) in [5, 5.41) is 4.59. The molecule has 3 aromatic rings. The van der Waals surface area contributed by atoms with Crippen molar-refractivity contribution in [2.45, 2.75) is 18.7 Å². The van der Waals surface area contributed by atoms with Gasteiger partial charge in [0, 0.05) is 4.47 Å². The van der Waals surface area contributed by atoms with Crippen LogP contribution in [0.3, 0.4) is 0 Å². The summed E-state index contributed by atoms with van der Waals surface area (Å²) in [6.45, 7) is 3.57. The largest absolute Gasteiger partial charge is 0.276 e. The summed E-state index contributed by atoms with van der Waals surface area (Å²) in [6, 6.07) is 14.2. The molecule has 0 atom stereocenters. The third-order valence-corrected chi connectivity index (χ3v) is 6.04. The molecular weight excluding hydrogens is 426 g/mol. The number of aryl methyl sites for hydroxylation is 1. The molecule has 1 heterocycles. The van der Waals surface area contributed by atoms with E-state index >= 15 is 0 Å². The molecule has 1 aromatic heterocycles. The fourth-order valence-electron chi connectivity index (χ4n) is 2.49. The summed E-state index contributed by atoms with van der Waals surface area (Å²) in [5.41, 5.74) is 2.58. The first-order valence-corrected chi connectivity index (χ1v) is 10.0. The summed E-state index contributed by atoms with van der Waals surface area (Å²) < 4.78 is 30.5. The van der Waals surface area contributed by atoms with Gasteiger partial charge in [0.25, 0.3) is 10.0 Å². The minimum Gasteiger partial charge on any atom is -0.276 e. The Morgan fingerprint density at radius 1 is 1.12 bits per heavy atom. The first-order valence-electron chi connectivity index (χ1n) is 7.39. The average molecular weight is 441 g/mol. The highest BCUT2D eigenvalue weighted by molar-refractivity contribution is 9.10. The van der Waals surface area contributed by atoms with Crippen molar-refractivity contribution in [2.24, 2.45) is 0 Å². The summed E-state index contributed by atoms with van der Waals surface area (Å²) in [4.78, 5) is 0.0172. The van der Waals surface area contributed by atoms with E-state index in [-0.39, 0.29) is 9.92 Å². The Labute approximate surface area is 159 Å². The van der Waals surface area contributed by atoms with Crippen LogP contribution in [-0.2, 0) is 10.0 Å². The molecule has 0 fully saturated rings. The van der Waals surface area contributed by atoms with Gasteiger partial charge in [0.1, 0.15) is 4.90 Å². The van der Waals surface area contributed by atoms with E-state index in [2.05, 4.69) is 25.8 Å². The maximum absolute atomic E-state index is 12.7. The number of para-hydroxylation sites is 1. The molecule has 5 nitrogen and oxygen atoms in total. The number of sulfonamides is 1. The second-order valence-corrected chi connectivity index (χ2v) is 8.45. The standard InChI is InChI=1S/C17H15BrClN3O2S/c1-11-17(12(2)22(20-11)14-6-4-3-5-7-14)21-25(23,24)16-9-8-13(18)10-15(16)19/h3-10,21H,1-2H3. The molecule has 0 aliphatic rings. The Kier molecular flexibility index (Phi) is 4.90. The molecule has 0 radical (unpaired) electrons. The molecular formula is C17H15BrClN3O2S. The monoisotopic (exact) mass is 439 g/mol. The zero-order chi connectivity index (χ0) is 18.2. The zero-order valence-corrected chi connectivity index (χ0v) is 16.7. The maximum atomic E-state index is 12.7. The lowest BCUT2D eigenvalue weighted by Crippen LogP contribution is -2.14. The van der Waals surface area contributed by atoms with Gasteiger partial charge in [-0.3, -0.25) is 4.72 Å². The number of nitrogens with one attached hydrogen (secondary N) is 1. The maximum Gasteiger partial charge on any atom is 0.263 e. The van der Waals surface area contributed by atoms with Gasteiger partial charge >= 0.3 is 0 Å². The molecule has 2 aromatic carbocycles. The van der Waals surface area contributed by atoms with E-state index in [1.165, 1.54) is 6.07 Å². The molecule has 0 aliphatic heterocycles. The van der Waals surface area contributed by atoms with E-state index in [0.717, 1.165) is 5.69 Å². The van der Waals surface area contributed by atoms with Crippen LogP contribution in [0.5, 0.6) is 0 Å². The highest BCUT2D eigenvalue weighted by Crippen LogP contribution is 2.29. The topological polar surface area (TPSA) is 64.0 Å². The molecule has 0 unspecified atom stereocenters. The Morgan fingerprint density at radius 2 is 1.80 bits per heavy atom. The average Bonchev–Trinajstić information content (AvgIpc) is 2.83. The molecule has 8 heteroatoms. The SMILES string of the molecule is Cc1nn(-c2ccccc2)c(C)c1NS(=O)(=O)c1ccc(Br)cc1Cl. The third kappa shape index (κ3) is 3.58. The first kappa shape index (κ1) is 18.0. The van der Waals surface area contributed by atoms with E-state index < -0.39 is 10.0 Å². The summed E-state index contributed by atoms with van der Waals surface area (Å²) >= 11 is 9.36. The minimum atomic E-state index is -3.83. The third-order valence-electron chi connectivity index (χ3n) is 3.71. The van der Waals surface area contributed by atoms with E-state index in [0.29, 0.717) is 21.5 Å². The van der Waals surface area contributed by atoms with E-state index in [1.807, 2.05) is 37.3 Å². The number of rotatable bonds is 4. The highest BCUT2D eigenvalue weighted by Gasteiger charge is 2.22. The fourth-order valence-corrected chi connectivity index (χ4v) is 4.71. The van der Waals surface area contributed by atoms with E-state index in [9.17, 15) is 8.42 Å². The van der Waals surface area contributed by atoms with Crippen LogP contribution < -0.4 is 4.72 Å². The van der Waals surface area contributed by atoms with Gasteiger partial charge in [-0.25, -0.2) is 13.1 Å². The van der Waals surface area contributed by atoms with Crippen molar-refractivity contribution in [3.8, 4) is 5.69 Å². The highest BCUT2D eigenvalue weighted by atomic mass is 79.9. The Morgan fingerprint density at radius 3 is 2.44 bits per heavy atom. The van der Waals surface area contributed by atoms with Crippen LogP contribution in [0.1, 0.15) is 11.4 Å². The number of aromatic nitrogens is 2. The summed E-state index contributed by atoms with van der Waals surface area (Å²) in [7, 11) is -3.83. The van der Waals surface area contributed by atoms with Crippen LogP contribution in [0.25, 0.3) is 5.69 Å². The molecule has 0 amide bonds. The molecule has 0 bridgehead atoms. The van der Waals surface area contributed by atoms with Crippen molar-refractivity contribution < 1.29 is 8.42 Å². The lowest BCUT2D eigenvalue weighted by Gasteiger charge is -2.10. The van der Waals surface area contributed by atoms with Crippen LogP contribution in [-0.4, -0.2) is 18.2 Å². The van der Waals surface area contributed by atoms with Gasteiger partial charge in [0.15, 0.2) is 0 Å². The van der Waals surface area contributed by atoms with Gasteiger partial charge in [-0.15, -0.1) is 0 Å². The van der Waals surface area contributed by atoms with Crippen molar-refractivity contribution >= 4 is 43.2 Å². The molecule has 3 rings (SSSR count). The number of nitrogens with zero attached hydrogens (tertiary/aromatic N) is 2. The van der Waals surface area contributed by atoms with Gasteiger partial charge in [-0.1, -0.05) is 45.7 Å². The van der Waals surface area contributed by atoms with E-state index in [1.54, 1.807) is 23.7 Å². The Bertz CT molecular complexity index is 1030. The van der Waals surface area contributed by atoms with Gasteiger partial charge in [-0.2, -0.15) is 5.10 Å². The van der Waals surface area contributed by atoms with Crippen molar-refractivity contribution in [3.05, 3.63) is 69.4 Å². The van der Waals surface area contributed by atoms with Gasteiger partial charge < -0.3 is 0 Å². The van der Waals surface area contributed by atoms with Gasteiger partial charge in [0.2, 0.25) is 0 Å². The predicted octanol–water partition coefficient (Wildman–Crippen LogP) is 4.71. The smallest absolute Gasteiger partial charge is 0.263 e. The van der Waals surface area contributed by atoms with Gasteiger partial charge in [-0.05, 0) is 44.2 Å². The minimum absolute atomic E-state index is 0.0172. The van der Waals surface area contributed by atoms with Crippen LogP contribution in [0, 0.1) is 13.8 Å². The molecule has 0 spiro atoms. The Balaban J connectivity index is 2.02. The molecule has 130 valence electrons. The van der Waals surface area contributed by atoms with Crippen LogP contribution >= 0.6 is 27.5 Å². The van der Waals surface area contributed by atoms with Crippen LogP contribution in [0.15, 0.2) is 57.9 Å². The molecule has 0 saturated heterocycles. The number of anilines is 1. The predicted molar refractivity (Wildman–Crippen MR) is 103 cm³/mol. The van der Waals surface area contributed by atoms with Crippen molar-refractivity contribution in [2.75, 3.05) is 4.72 Å². The second kappa shape index (κ2) is 6.82. The second-order valence-electron chi connectivity index (χ2n) is 5.47. The number of halogens is 2.